The van der Waals surface area contributed by atoms with E-state index in [1.807, 2.05) is 32.9 Å². The molecular weight excluding hydrogens is 330 g/mol. The number of piperidine rings is 1. The highest BCUT2D eigenvalue weighted by Crippen LogP contribution is 2.24. The van der Waals surface area contributed by atoms with E-state index in [9.17, 15) is 9.59 Å². The standard InChI is InChI=1S/C20H27N3O3/c24-19(18-7-4-14-26-18)21-10-8-17(9-11-21)23-13-12-22(20(23)25)15-16-5-2-1-3-6-16/h1-3,5-6,17-18H,4,7-15H2. The van der Waals surface area contributed by atoms with Gasteiger partial charge in [-0.05, 0) is 31.2 Å². The van der Waals surface area contributed by atoms with Crippen LogP contribution in [0.15, 0.2) is 30.3 Å². The molecule has 3 amide bonds. The lowest BCUT2D eigenvalue weighted by Crippen LogP contribution is -2.50. The summed E-state index contributed by atoms with van der Waals surface area (Å²) in [5.41, 5.74) is 1.17. The number of rotatable bonds is 4. The lowest BCUT2D eigenvalue weighted by molar-refractivity contribution is -0.142. The van der Waals surface area contributed by atoms with Crippen LogP contribution in [-0.2, 0) is 16.1 Å². The van der Waals surface area contributed by atoms with Crippen LogP contribution in [0.2, 0.25) is 0 Å². The predicted molar refractivity (Wildman–Crippen MR) is 97.5 cm³/mol. The molecule has 0 radical (unpaired) electrons. The average Bonchev–Trinajstić information content (AvgIpc) is 3.33. The monoisotopic (exact) mass is 357 g/mol. The van der Waals surface area contributed by atoms with Gasteiger partial charge in [0.15, 0.2) is 0 Å². The average molecular weight is 357 g/mol. The summed E-state index contributed by atoms with van der Waals surface area (Å²) in [5, 5.41) is 0. The third kappa shape index (κ3) is 3.56. The Bertz CT molecular complexity index is 637. The fourth-order valence-electron chi connectivity index (χ4n) is 4.26. The lowest BCUT2D eigenvalue weighted by atomic mass is 10.0. The quantitative estimate of drug-likeness (QED) is 0.829. The molecule has 0 bridgehead atoms. The summed E-state index contributed by atoms with van der Waals surface area (Å²) < 4.78 is 5.52. The maximum atomic E-state index is 12.8. The number of hydrogen-bond donors (Lipinski definition) is 0. The van der Waals surface area contributed by atoms with Crippen molar-refractivity contribution in [1.29, 1.82) is 0 Å². The van der Waals surface area contributed by atoms with E-state index in [0.717, 1.165) is 51.9 Å². The maximum Gasteiger partial charge on any atom is 0.320 e. The molecule has 3 heterocycles. The molecule has 4 rings (SSSR count). The molecule has 0 aromatic heterocycles. The van der Waals surface area contributed by atoms with Gasteiger partial charge in [-0.25, -0.2) is 4.79 Å². The minimum Gasteiger partial charge on any atom is -0.368 e. The van der Waals surface area contributed by atoms with Crippen molar-refractivity contribution in [1.82, 2.24) is 14.7 Å². The highest BCUT2D eigenvalue weighted by molar-refractivity contribution is 5.81. The smallest absolute Gasteiger partial charge is 0.320 e. The summed E-state index contributed by atoms with van der Waals surface area (Å²) in [6.07, 6.45) is 3.32. The van der Waals surface area contributed by atoms with E-state index in [-0.39, 0.29) is 24.1 Å². The van der Waals surface area contributed by atoms with Gasteiger partial charge in [0, 0.05) is 45.4 Å². The fraction of sp³-hybridized carbons (Fsp3) is 0.600. The van der Waals surface area contributed by atoms with Crippen LogP contribution in [0.5, 0.6) is 0 Å². The fourth-order valence-corrected chi connectivity index (χ4v) is 4.26. The van der Waals surface area contributed by atoms with Crippen LogP contribution >= 0.6 is 0 Å². The minimum atomic E-state index is -0.235. The van der Waals surface area contributed by atoms with Crippen molar-refractivity contribution in [2.24, 2.45) is 0 Å². The molecule has 3 aliphatic rings. The van der Waals surface area contributed by atoms with Gasteiger partial charge in [0.1, 0.15) is 6.10 Å². The molecule has 3 aliphatic heterocycles. The van der Waals surface area contributed by atoms with Crippen LogP contribution in [0, 0.1) is 0 Å². The number of ether oxygens (including phenoxy) is 1. The molecule has 0 aliphatic carbocycles. The van der Waals surface area contributed by atoms with Gasteiger partial charge < -0.3 is 19.4 Å². The molecule has 1 unspecified atom stereocenters. The summed E-state index contributed by atoms with van der Waals surface area (Å²) in [4.78, 5) is 31.1. The van der Waals surface area contributed by atoms with E-state index in [4.69, 9.17) is 4.74 Å². The molecular formula is C20H27N3O3. The van der Waals surface area contributed by atoms with Gasteiger partial charge in [0.2, 0.25) is 0 Å². The molecule has 3 saturated heterocycles. The van der Waals surface area contributed by atoms with Gasteiger partial charge in [0.05, 0.1) is 0 Å². The minimum absolute atomic E-state index is 0.137. The highest BCUT2D eigenvalue weighted by atomic mass is 16.5. The summed E-state index contributed by atoms with van der Waals surface area (Å²) in [5.74, 6) is 0.138. The second kappa shape index (κ2) is 7.66. The van der Waals surface area contributed by atoms with E-state index in [1.165, 1.54) is 5.56 Å². The first kappa shape index (κ1) is 17.3. The Kier molecular flexibility index (Phi) is 5.11. The number of carbonyl (C=O) groups excluding carboxylic acids is 2. The Hall–Kier alpha value is -2.08. The number of amides is 3. The van der Waals surface area contributed by atoms with Crippen LogP contribution < -0.4 is 0 Å². The predicted octanol–water partition coefficient (Wildman–Crippen LogP) is 2.09. The van der Waals surface area contributed by atoms with Crippen LogP contribution in [0.4, 0.5) is 4.79 Å². The largest absolute Gasteiger partial charge is 0.368 e. The van der Waals surface area contributed by atoms with Crippen molar-refractivity contribution in [2.75, 3.05) is 32.8 Å². The number of likely N-dealkylation sites (tertiary alicyclic amines) is 1. The zero-order chi connectivity index (χ0) is 17.9. The van der Waals surface area contributed by atoms with Crippen LogP contribution in [0.3, 0.4) is 0 Å². The molecule has 0 saturated carbocycles. The number of carbonyl (C=O) groups is 2. The Morgan fingerprint density at radius 3 is 2.50 bits per heavy atom. The third-order valence-corrected chi connectivity index (χ3v) is 5.77. The van der Waals surface area contributed by atoms with Gasteiger partial charge in [-0.3, -0.25) is 4.79 Å². The zero-order valence-corrected chi connectivity index (χ0v) is 15.2. The van der Waals surface area contributed by atoms with Gasteiger partial charge in [-0.1, -0.05) is 30.3 Å². The van der Waals surface area contributed by atoms with Crippen molar-refractivity contribution >= 4 is 11.9 Å². The van der Waals surface area contributed by atoms with Gasteiger partial charge in [-0.15, -0.1) is 0 Å². The maximum absolute atomic E-state index is 12.8. The molecule has 140 valence electrons. The van der Waals surface area contributed by atoms with Crippen LogP contribution in [-0.4, -0.2) is 71.6 Å². The number of hydrogen-bond acceptors (Lipinski definition) is 3. The van der Waals surface area contributed by atoms with E-state index in [0.29, 0.717) is 13.2 Å². The van der Waals surface area contributed by atoms with E-state index < -0.39 is 0 Å². The first-order valence-electron chi connectivity index (χ1n) is 9.72. The molecule has 1 aromatic rings. The number of urea groups is 1. The Balaban J connectivity index is 1.29. The SMILES string of the molecule is O=C(C1CCCO1)N1CCC(N2CCN(Cc3ccccc3)C2=O)CC1. The molecule has 1 atom stereocenters. The van der Waals surface area contributed by atoms with Crippen molar-refractivity contribution in [2.45, 2.75) is 44.4 Å². The second-order valence-electron chi connectivity index (χ2n) is 7.44. The van der Waals surface area contributed by atoms with Gasteiger partial charge >= 0.3 is 6.03 Å². The van der Waals surface area contributed by atoms with Crippen LogP contribution in [0.25, 0.3) is 0 Å². The lowest BCUT2D eigenvalue weighted by Gasteiger charge is -2.37. The first-order valence-corrected chi connectivity index (χ1v) is 9.72. The summed E-state index contributed by atoms with van der Waals surface area (Å²) in [6, 6.07) is 10.5. The Labute approximate surface area is 154 Å². The Morgan fingerprint density at radius 2 is 1.81 bits per heavy atom. The van der Waals surface area contributed by atoms with Crippen molar-refractivity contribution in [3.8, 4) is 0 Å². The molecule has 0 N–H and O–H groups in total. The van der Waals surface area contributed by atoms with Crippen LogP contribution in [0.1, 0.15) is 31.2 Å². The van der Waals surface area contributed by atoms with Crippen molar-refractivity contribution < 1.29 is 14.3 Å². The van der Waals surface area contributed by atoms with E-state index in [1.54, 1.807) is 0 Å². The summed E-state index contributed by atoms with van der Waals surface area (Å²) >= 11 is 0. The molecule has 26 heavy (non-hydrogen) atoms. The van der Waals surface area contributed by atoms with Gasteiger partial charge in [-0.2, -0.15) is 0 Å². The highest BCUT2D eigenvalue weighted by Gasteiger charge is 2.37. The molecule has 0 spiro atoms. The second-order valence-corrected chi connectivity index (χ2v) is 7.44. The third-order valence-electron chi connectivity index (χ3n) is 5.77. The first-order chi connectivity index (χ1) is 12.7. The number of benzene rings is 1. The van der Waals surface area contributed by atoms with E-state index >= 15 is 0 Å². The molecule has 3 fully saturated rings. The topological polar surface area (TPSA) is 53.1 Å². The van der Waals surface area contributed by atoms with Gasteiger partial charge in [0.25, 0.3) is 5.91 Å². The van der Waals surface area contributed by atoms with Crippen molar-refractivity contribution in [3.05, 3.63) is 35.9 Å². The normalized spacial score (nSPS) is 24.5. The summed E-state index contributed by atoms with van der Waals surface area (Å²) in [6.45, 7) is 4.40. The summed E-state index contributed by atoms with van der Waals surface area (Å²) in [7, 11) is 0. The molecule has 6 nitrogen and oxygen atoms in total. The van der Waals surface area contributed by atoms with E-state index in [2.05, 4.69) is 12.1 Å². The number of nitrogens with zero attached hydrogens (tertiary/aromatic N) is 3. The molecule has 6 heteroatoms. The zero-order valence-electron chi connectivity index (χ0n) is 15.2. The Morgan fingerprint density at radius 1 is 1.04 bits per heavy atom. The van der Waals surface area contributed by atoms with Crippen molar-refractivity contribution in [3.63, 3.8) is 0 Å². The molecule has 1 aromatic carbocycles.